The molecule has 0 saturated heterocycles. The predicted octanol–water partition coefficient (Wildman–Crippen LogP) is 1.40. The molecule has 0 aromatic heterocycles. The molecule has 0 amide bonds. The van der Waals surface area contributed by atoms with Gasteiger partial charge in [-0.2, -0.15) is 0 Å². The summed E-state index contributed by atoms with van der Waals surface area (Å²) in [6.07, 6.45) is 0. The highest BCUT2D eigenvalue weighted by atomic mass is 16.5. The van der Waals surface area contributed by atoms with Gasteiger partial charge in [0.1, 0.15) is 6.72 Å². The van der Waals surface area contributed by atoms with Crippen LogP contribution < -0.4 is 0 Å². The number of rotatable bonds is 2. The Labute approximate surface area is 60.0 Å². The minimum atomic E-state index is 0.362. The standard InChI is InChI=1S/C8H9NO/c1-9(10)7-8-5-3-2-4-6-8/h2-6H,1,7H2. The second-order valence-corrected chi connectivity index (χ2v) is 2.13. The molecule has 0 radical (unpaired) electrons. The van der Waals surface area contributed by atoms with Crippen LogP contribution in [0.15, 0.2) is 30.3 Å². The number of hydroxylamine groups is 1. The first kappa shape index (κ1) is 6.81. The normalized spacial score (nSPS) is 9.20. The van der Waals surface area contributed by atoms with Crippen molar-refractivity contribution in [3.63, 3.8) is 0 Å². The monoisotopic (exact) mass is 135 g/mol. The maximum absolute atomic E-state index is 10.4. The van der Waals surface area contributed by atoms with Gasteiger partial charge in [0.15, 0.2) is 6.54 Å². The molecular weight excluding hydrogens is 126 g/mol. The van der Waals surface area contributed by atoms with E-state index in [1.54, 1.807) is 0 Å². The lowest BCUT2D eigenvalue weighted by Gasteiger charge is -1.99. The van der Waals surface area contributed by atoms with Crippen LogP contribution >= 0.6 is 0 Å². The Hall–Kier alpha value is -1.31. The summed E-state index contributed by atoms with van der Waals surface area (Å²) < 4.78 is 0.662. The van der Waals surface area contributed by atoms with Crippen molar-refractivity contribution in [2.45, 2.75) is 6.54 Å². The van der Waals surface area contributed by atoms with Crippen molar-refractivity contribution in [3.8, 4) is 0 Å². The molecule has 0 aliphatic carbocycles. The van der Waals surface area contributed by atoms with Gasteiger partial charge in [0.05, 0.1) is 0 Å². The maximum atomic E-state index is 10.4. The van der Waals surface area contributed by atoms with Gasteiger partial charge in [-0.05, 0) is 0 Å². The Morgan fingerprint density at radius 2 is 1.90 bits per heavy atom. The van der Waals surface area contributed by atoms with E-state index < -0.39 is 0 Å². The van der Waals surface area contributed by atoms with Gasteiger partial charge in [-0.15, -0.1) is 0 Å². The molecule has 1 aromatic carbocycles. The Morgan fingerprint density at radius 1 is 1.30 bits per heavy atom. The largest absolute Gasteiger partial charge is 0.624 e. The van der Waals surface area contributed by atoms with Gasteiger partial charge in [0.25, 0.3) is 0 Å². The van der Waals surface area contributed by atoms with Gasteiger partial charge in [0, 0.05) is 5.56 Å². The molecule has 0 N–H and O–H groups in total. The van der Waals surface area contributed by atoms with Crippen molar-refractivity contribution in [1.29, 1.82) is 0 Å². The van der Waals surface area contributed by atoms with Gasteiger partial charge in [-0.3, -0.25) is 0 Å². The third-order valence-electron chi connectivity index (χ3n) is 1.20. The Bertz CT molecular complexity index is 218. The van der Waals surface area contributed by atoms with E-state index in [0.29, 0.717) is 11.3 Å². The molecule has 0 bridgehead atoms. The van der Waals surface area contributed by atoms with E-state index in [0.717, 1.165) is 5.56 Å². The molecule has 2 heteroatoms. The molecule has 1 aromatic rings. The van der Waals surface area contributed by atoms with Gasteiger partial charge in [-0.1, -0.05) is 30.3 Å². The van der Waals surface area contributed by atoms with Crippen LogP contribution in [0, 0.1) is 5.21 Å². The molecule has 52 valence electrons. The number of nitrogens with zero attached hydrogens (tertiary/aromatic N) is 1. The van der Waals surface area contributed by atoms with Crippen molar-refractivity contribution in [1.82, 2.24) is 0 Å². The van der Waals surface area contributed by atoms with E-state index in [1.807, 2.05) is 30.3 Å². The highest BCUT2D eigenvalue weighted by Crippen LogP contribution is 1.98. The molecule has 0 unspecified atom stereocenters. The smallest absolute Gasteiger partial charge is 0.178 e. The SMILES string of the molecule is C=[N+]([O-])Cc1ccccc1. The van der Waals surface area contributed by atoms with Gasteiger partial charge in [-0.25, -0.2) is 4.74 Å². The summed E-state index contributed by atoms with van der Waals surface area (Å²) in [5.41, 5.74) is 0.993. The Balaban J connectivity index is 2.67. The molecule has 0 fully saturated rings. The highest BCUT2D eigenvalue weighted by molar-refractivity contribution is 5.17. The summed E-state index contributed by atoms with van der Waals surface area (Å²) >= 11 is 0. The lowest BCUT2D eigenvalue weighted by atomic mass is 10.2. The average Bonchev–Trinajstić information content (AvgIpc) is 1.88. The molecule has 0 atom stereocenters. The average molecular weight is 135 g/mol. The quantitative estimate of drug-likeness (QED) is 0.260. The van der Waals surface area contributed by atoms with Crippen molar-refractivity contribution >= 4 is 6.72 Å². The van der Waals surface area contributed by atoms with E-state index in [2.05, 4.69) is 6.72 Å². The van der Waals surface area contributed by atoms with Crippen LogP contribution in [0.2, 0.25) is 0 Å². The molecule has 2 nitrogen and oxygen atoms in total. The third-order valence-corrected chi connectivity index (χ3v) is 1.20. The fourth-order valence-corrected chi connectivity index (χ4v) is 0.787. The van der Waals surface area contributed by atoms with E-state index in [1.165, 1.54) is 0 Å². The summed E-state index contributed by atoms with van der Waals surface area (Å²) in [4.78, 5) is 0. The second kappa shape index (κ2) is 3.01. The molecule has 0 spiro atoms. The molecule has 0 saturated carbocycles. The Morgan fingerprint density at radius 3 is 2.40 bits per heavy atom. The highest BCUT2D eigenvalue weighted by Gasteiger charge is 1.91. The van der Waals surface area contributed by atoms with Crippen LogP contribution in [-0.2, 0) is 6.54 Å². The number of hydrogen-bond acceptors (Lipinski definition) is 1. The summed E-state index contributed by atoms with van der Waals surface area (Å²) in [6, 6.07) is 9.52. The van der Waals surface area contributed by atoms with Crippen LogP contribution in [0.1, 0.15) is 5.56 Å². The summed E-state index contributed by atoms with van der Waals surface area (Å²) in [7, 11) is 0. The van der Waals surface area contributed by atoms with E-state index in [4.69, 9.17) is 0 Å². The van der Waals surface area contributed by atoms with Crippen molar-refractivity contribution in [2.24, 2.45) is 0 Å². The van der Waals surface area contributed by atoms with Crippen LogP contribution in [-0.4, -0.2) is 11.5 Å². The lowest BCUT2D eigenvalue weighted by Crippen LogP contribution is -1.98. The number of benzene rings is 1. The first-order valence-corrected chi connectivity index (χ1v) is 3.08. The van der Waals surface area contributed by atoms with Crippen molar-refractivity contribution in [3.05, 3.63) is 41.1 Å². The molecule has 1 rings (SSSR count). The molecule has 10 heavy (non-hydrogen) atoms. The minimum Gasteiger partial charge on any atom is -0.624 e. The maximum Gasteiger partial charge on any atom is 0.178 e. The van der Waals surface area contributed by atoms with Crippen LogP contribution in [0.5, 0.6) is 0 Å². The fourth-order valence-electron chi connectivity index (χ4n) is 0.787. The van der Waals surface area contributed by atoms with Gasteiger partial charge < -0.3 is 5.21 Å². The lowest BCUT2D eigenvalue weighted by molar-refractivity contribution is -0.465. The topological polar surface area (TPSA) is 26.1 Å². The van der Waals surface area contributed by atoms with Crippen molar-refractivity contribution in [2.75, 3.05) is 0 Å². The zero-order chi connectivity index (χ0) is 7.40. The van der Waals surface area contributed by atoms with E-state index >= 15 is 0 Å². The minimum absolute atomic E-state index is 0.362. The Kier molecular flexibility index (Phi) is 2.05. The summed E-state index contributed by atoms with van der Waals surface area (Å²) in [5.74, 6) is 0. The number of hydrogen-bond donors (Lipinski definition) is 0. The summed E-state index contributed by atoms with van der Waals surface area (Å²) in [6.45, 7) is 3.57. The molecular formula is C8H9NO. The third kappa shape index (κ3) is 1.90. The van der Waals surface area contributed by atoms with E-state index in [-0.39, 0.29) is 0 Å². The first-order chi connectivity index (χ1) is 4.79. The van der Waals surface area contributed by atoms with E-state index in [9.17, 15) is 5.21 Å². The van der Waals surface area contributed by atoms with Crippen LogP contribution in [0.25, 0.3) is 0 Å². The second-order valence-electron chi connectivity index (χ2n) is 2.13. The first-order valence-electron chi connectivity index (χ1n) is 3.08. The van der Waals surface area contributed by atoms with Gasteiger partial charge in [0.2, 0.25) is 0 Å². The molecule has 0 aliphatic rings. The van der Waals surface area contributed by atoms with Crippen LogP contribution in [0.4, 0.5) is 0 Å². The zero-order valence-electron chi connectivity index (χ0n) is 5.66. The fraction of sp³-hybridized carbons (Fsp3) is 0.125. The zero-order valence-corrected chi connectivity index (χ0v) is 5.66. The predicted molar refractivity (Wildman–Crippen MR) is 40.9 cm³/mol. The van der Waals surface area contributed by atoms with Crippen molar-refractivity contribution < 1.29 is 4.74 Å². The van der Waals surface area contributed by atoms with Gasteiger partial charge >= 0.3 is 0 Å². The van der Waals surface area contributed by atoms with Crippen LogP contribution in [0.3, 0.4) is 0 Å². The summed E-state index contributed by atoms with van der Waals surface area (Å²) in [5, 5.41) is 10.4. The molecule has 0 heterocycles. The molecule has 0 aliphatic heterocycles.